The van der Waals surface area contributed by atoms with Crippen molar-refractivity contribution >= 4 is 12.0 Å². The Kier molecular flexibility index (Phi) is 5.41. The lowest BCUT2D eigenvalue weighted by Crippen LogP contribution is -2.56. The first-order valence-corrected chi connectivity index (χ1v) is 7.47. The Balaban J connectivity index is 2.77. The topological polar surface area (TPSA) is 49.9 Å². The summed E-state index contributed by atoms with van der Waals surface area (Å²) in [6, 6.07) is -0.146. The molecule has 1 saturated heterocycles. The van der Waals surface area contributed by atoms with Gasteiger partial charge in [-0.15, -0.1) is 0 Å². The number of nitrogens with zero attached hydrogens (tertiary/aromatic N) is 2. The molecule has 0 spiro atoms. The first kappa shape index (κ1) is 18.6. The van der Waals surface area contributed by atoms with E-state index in [-0.39, 0.29) is 19.0 Å². The second-order valence-electron chi connectivity index (χ2n) is 7.05. The Hall–Kier alpha value is -1.40. The molecule has 0 aliphatic carbocycles. The third kappa shape index (κ3) is 4.55. The maximum absolute atomic E-state index is 14.3. The number of hydrogen-bond donors (Lipinski definition) is 0. The first-order chi connectivity index (χ1) is 9.85. The number of amides is 2. The molecule has 1 unspecified atom stereocenters. The molecule has 1 heterocycles. The molecular formula is C15H26F2N2O3. The average Bonchev–Trinajstić information content (AvgIpc) is 2.33. The van der Waals surface area contributed by atoms with Crippen molar-refractivity contribution in [1.82, 2.24) is 9.80 Å². The van der Waals surface area contributed by atoms with Gasteiger partial charge < -0.3 is 14.5 Å². The van der Waals surface area contributed by atoms with Crippen LogP contribution in [0.1, 0.15) is 41.0 Å². The van der Waals surface area contributed by atoms with Crippen LogP contribution in [0.3, 0.4) is 0 Å². The zero-order valence-electron chi connectivity index (χ0n) is 14.2. The summed E-state index contributed by atoms with van der Waals surface area (Å²) in [5.74, 6) is -5.22. The molecule has 0 aromatic carbocycles. The van der Waals surface area contributed by atoms with Crippen molar-refractivity contribution in [3.8, 4) is 0 Å². The SMILES string of the molecule is CC(C)N(C)C(=O)C1CCN(C(=O)OC(C)(C)C)CC1(F)F. The summed E-state index contributed by atoms with van der Waals surface area (Å²) in [6.07, 6.45) is -0.836. The minimum atomic E-state index is -3.25. The lowest BCUT2D eigenvalue weighted by atomic mass is 9.91. The maximum Gasteiger partial charge on any atom is 0.410 e. The van der Waals surface area contributed by atoms with E-state index in [1.54, 1.807) is 34.6 Å². The standard InChI is InChI=1S/C15H26F2N2O3/c1-10(2)18(6)12(20)11-7-8-19(9-15(11,16)17)13(21)22-14(3,4)5/h10-11H,7-9H2,1-6H3. The normalized spacial score (nSPS) is 21.7. The molecule has 0 saturated carbocycles. The van der Waals surface area contributed by atoms with Crippen molar-refractivity contribution in [2.45, 2.75) is 58.6 Å². The van der Waals surface area contributed by atoms with Crippen LogP contribution in [0.25, 0.3) is 0 Å². The molecule has 1 aliphatic rings. The zero-order chi connectivity index (χ0) is 17.3. The van der Waals surface area contributed by atoms with Crippen LogP contribution in [0.15, 0.2) is 0 Å². The number of alkyl halides is 2. The quantitative estimate of drug-likeness (QED) is 0.786. The number of ether oxygens (including phenoxy) is 1. The summed E-state index contributed by atoms with van der Waals surface area (Å²) in [4.78, 5) is 26.4. The molecule has 7 heteroatoms. The van der Waals surface area contributed by atoms with Crippen LogP contribution in [-0.4, -0.2) is 59.5 Å². The maximum atomic E-state index is 14.3. The molecular weight excluding hydrogens is 294 g/mol. The molecule has 5 nitrogen and oxygen atoms in total. The van der Waals surface area contributed by atoms with E-state index in [0.29, 0.717) is 0 Å². The lowest BCUT2D eigenvalue weighted by molar-refractivity contribution is -0.160. The second-order valence-corrected chi connectivity index (χ2v) is 7.05. The molecule has 0 bridgehead atoms. The van der Waals surface area contributed by atoms with Crippen molar-refractivity contribution in [2.24, 2.45) is 5.92 Å². The van der Waals surface area contributed by atoms with Gasteiger partial charge in [0, 0.05) is 19.6 Å². The third-order valence-corrected chi connectivity index (χ3v) is 3.67. The predicted octanol–water partition coefficient (Wildman–Crippen LogP) is 2.75. The van der Waals surface area contributed by atoms with E-state index >= 15 is 0 Å². The predicted molar refractivity (Wildman–Crippen MR) is 78.8 cm³/mol. The highest BCUT2D eigenvalue weighted by molar-refractivity contribution is 5.80. The average molecular weight is 320 g/mol. The van der Waals surface area contributed by atoms with E-state index in [4.69, 9.17) is 4.74 Å². The van der Waals surface area contributed by atoms with Crippen molar-refractivity contribution in [1.29, 1.82) is 0 Å². The molecule has 1 atom stereocenters. The van der Waals surface area contributed by atoms with E-state index in [1.165, 1.54) is 11.9 Å². The molecule has 2 amide bonds. The molecule has 0 radical (unpaired) electrons. The Morgan fingerprint density at radius 3 is 2.27 bits per heavy atom. The van der Waals surface area contributed by atoms with Gasteiger partial charge in [-0.2, -0.15) is 0 Å². The lowest BCUT2D eigenvalue weighted by Gasteiger charge is -2.39. The third-order valence-electron chi connectivity index (χ3n) is 3.67. The largest absolute Gasteiger partial charge is 0.444 e. The first-order valence-electron chi connectivity index (χ1n) is 7.47. The zero-order valence-corrected chi connectivity index (χ0v) is 14.2. The minimum Gasteiger partial charge on any atom is -0.444 e. The van der Waals surface area contributed by atoms with Crippen LogP contribution in [0.5, 0.6) is 0 Å². The van der Waals surface area contributed by atoms with Crippen LogP contribution < -0.4 is 0 Å². The van der Waals surface area contributed by atoms with E-state index in [9.17, 15) is 18.4 Å². The van der Waals surface area contributed by atoms with Gasteiger partial charge in [-0.3, -0.25) is 4.79 Å². The van der Waals surface area contributed by atoms with Crippen LogP contribution in [0, 0.1) is 5.92 Å². The summed E-state index contributed by atoms with van der Waals surface area (Å²) in [5.41, 5.74) is -0.739. The molecule has 1 aliphatic heterocycles. The fourth-order valence-corrected chi connectivity index (χ4v) is 2.23. The Bertz CT molecular complexity index is 433. The summed E-state index contributed by atoms with van der Waals surface area (Å²) >= 11 is 0. The summed E-state index contributed by atoms with van der Waals surface area (Å²) in [5, 5.41) is 0. The number of carbonyl (C=O) groups is 2. The molecule has 1 fully saturated rings. The summed E-state index contributed by atoms with van der Waals surface area (Å²) < 4.78 is 33.7. The summed E-state index contributed by atoms with van der Waals surface area (Å²) in [7, 11) is 1.52. The highest BCUT2D eigenvalue weighted by Crippen LogP contribution is 2.35. The molecule has 0 N–H and O–H groups in total. The monoisotopic (exact) mass is 320 g/mol. The second kappa shape index (κ2) is 6.38. The number of piperidine rings is 1. The van der Waals surface area contributed by atoms with E-state index in [1.807, 2.05) is 0 Å². The number of rotatable bonds is 2. The fourth-order valence-electron chi connectivity index (χ4n) is 2.23. The smallest absolute Gasteiger partial charge is 0.410 e. The van der Waals surface area contributed by atoms with Gasteiger partial charge in [-0.1, -0.05) is 0 Å². The van der Waals surface area contributed by atoms with Crippen LogP contribution >= 0.6 is 0 Å². The van der Waals surface area contributed by atoms with Gasteiger partial charge in [0.25, 0.3) is 5.92 Å². The Labute approximate surface area is 130 Å². The Morgan fingerprint density at radius 1 is 1.32 bits per heavy atom. The van der Waals surface area contributed by atoms with E-state index < -0.39 is 36.0 Å². The van der Waals surface area contributed by atoms with Crippen LogP contribution in [0.2, 0.25) is 0 Å². The highest BCUT2D eigenvalue weighted by atomic mass is 19.3. The Morgan fingerprint density at radius 2 is 1.86 bits per heavy atom. The number of carbonyl (C=O) groups excluding carboxylic acids is 2. The number of likely N-dealkylation sites (tertiary alicyclic amines) is 1. The van der Waals surface area contributed by atoms with E-state index in [0.717, 1.165) is 4.90 Å². The van der Waals surface area contributed by atoms with Crippen molar-refractivity contribution in [2.75, 3.05) is 20.1 Å². The fraction of sp³-hybridized carbons (Fsp3) is 0.867. The van der Waals surface area contributed by atoms with Gasteiger partial charge in [-0.05, 0) is 41.0 Å². The molecule has 1 rings (SSSR count). The molecule has 0 aromatic heterocycles. The van der Waals surface area contributed by atoms with Crippen LogP contribution in [-0.2, 0) is 9.53 Å². The van der Waals surface area contributed by atoms with Crippen molar-refractivity contribution in [3.63, 3.8) is 0 Å². The van der Waals surface area contributed by atoms with Gasteiger partial charge in [-0.25, -0.2) is 13.6 Å². The number of hydrogen-bond acceptors (Lipinski definition) is 3. The van der Waals surface area contributed by atoms with Crippen LogP contribution in [0.4, 0.5) is 13.6 Å². The molecule has 22 heavy (non-hydrogen) atoms. The van der Waals surface area contributed by atoms with Gasteiger partial charge in [0.05, 0.1) is 6.54 Å². The van der Waals surface area contributed by atoms with E-state index in [2.05, 4.69) is 0 Å². The van der Waals surface area contributed by atoms with Crippen molar-refractivity contribution < 1.29 is 23.1 Å². The molecule has 0 aromatic rings. The number of halogens is 2. The van der Waals surface area contributed by atoms with Gasteiger partial charge >= 0.3 is 6.09 Å². The minimum absolute atomic E-state index is 0.0673. The highest BCUT2D eigenvalue weighted by Gasteiger charge is 2.51. The van der Waals surface area contributed by atoms with Crippen molar-refractivity contribution in [3.05, 3.63) is 0 Å². The van der Waals surface area contributed by atoms with Gasteiger partial charge in [0.15, 0.2) is 0 Å². The van der Waals surface area contributed by atoms with Gasteiger partial charge in [0.2, 0.25) is 5.91 Å². The summed E-state index contributed by atoms with van der Waals surface area (Å²) in [6.45, 7) is 7.87. The van der Waals surface area contributed by atoms with Gasteiger partial charge in [0.1, 0.15) is 11.5 Å². The molecule has 128 valence electrons.